The van der Waals surface area contributed by atoms with Crippen molar-refractivity contribution in [1.29, 1.82) is 0 Å². The van der Waals surface area contributed by atoms with Crippen molar-refractivity contribution < 1.29 is 9.90 Å². The summed E-state index contributed by atoms with van der Waals surface area (Å²) in [4.78, 5) is 18.0. The quantitative estimate of drug-likeness (QED) is 0.349. The Hall–Kier alpha value is -2.73. The first-order valence-electron chi connectivity index (χ1n) is 11.6. The molecule has 0 unspecified atom stereocenters. The van der Waals surface area contributed by atoms with Crippen molar-refractivity contribution in [3.05, 3.63) is 82.8 Å². The van der Waals surface area contributed by atoms with Gasteiger partial charge in [-0.1, -0.05) is 71.7 Å². The number of benzene rings is 3. The van der Waals surface area contributed by atoms with Gasteiger partial charge in [-0.3, -0.25) is 9.80 Å². The summed E-state index contributed by atoms with van der Waals surface area (Å²) in [6.07, 6.45) is 0.844. The van der Waals surface area contributed by atoms with Crippen LogP contribution < -0.4 is 9.80 Å². The third-order valence-corrected chi connectivity index (χ3v) is 7.08. The average molecular weight is 498 g/mol. The van der Waals surface area contributed by atoms with E-state index in [1.165, 1.54) is 4.90 Å². The Morgan fingerprint density at radius 1 is 0.824 bits per heavy atom. The van der Waals surface area contributed by atoms with Gasteiger partial charge in [0.05, 0.1) is 15.7 Å². The van der Waals surface area contributed by atoms with Crippen LogP contribution in [0.15, 0.2) is 72.8 Å². The Morgan fingerprint density at radius 3 is 2.18 bits per heavy atom. The van der Waals surface area contributed by atoms with Gasteiger partial charge in [-0.2, -0.15) is 0 Å². The molecule has 1 fully saturated rings. The number of carboxylic acid groups (broad SMARTS) is 1. The zero-order chi connectivity index (χ0) is 23.9. The molecular weight excluding hydrogens is 469 g/mol. The smallest absolute Gasteiger partial charge is 0.411 e. The molecule has 0 saturated carbocycles. The number of unbranched alkanes of at least 4 members (excludes halogenated alkanes) is 1. The summed E-state index contributed by atoms with van der Waals surface area (Å²) in [7, 11) is 0. The highest BCUT2D eigenvalue weighted by Gasteiger charge is 2.20. The van der Waals surface area contributed by atoms with E-state index in [4.69, 9.17) is 23.2 Å². The number of anilines is 2. The molecule has 0 aromatic heterocycles. The van der Waals surface area contributed by atoms with E-state index < -0.39 is 6.09 Å². The molecule has 0 radical (unpaired) electrons. The second-order valence-electron chi connectivity index (χ2n) is 8.46. The SMILES string of the molecule is O=C(O)N(CCCCN1CCN(c2cccc(Cl)c2Cl)CC1)c1ccc(-c2ccccc2)cc1. The van der Waals surface area contributed by atoms with Gasteiger partial charge in [0.15, 0.2) is 0 Å². The molecule has 4 rings (SSSR count). The zero-order valence-electron chi connectivity index (χ0n) is 19.0. The molecule has 3 aromatic carbocycles. The predicted octanol–water partition coefficient (Wildman–Crippen LogP) is 6.75. The van der Waals surface area contributed by atoms with E-state index >= 15 is 0 Å². The number of carbonyl (C=O) groups is 1. The monoisotopic (exact) mass is 497 g/mol. The molecule has 1 heterocycles. The van der Waals surface area contributed by atoms with Gasteiger partial charge in [0.2, 0.25) is 0 Å². The lowest BCUT2D eigenvalue weighted by Gasteiger charge is -2.36. The van der Waals surface area contributed by atoms with Crippen molar-refractivity contribution in [2.24, 2.45) is 0 Å². The normalized spacial score (nSPS) is 14.2. The maximum absolute atomic E-state index is 11.9. The lowest BCUT2D eigenvalue weighted by atomic mass is 10.1. The Labute approximate surface area is 211 Å². The lowest BCUT2D eigenvalue weighted by Crippen LogP contribution is -2.46. The van der Waals surface area contributed by atoms with Crippen LogP contribution in [0, 0.1) is 0 Å². The number of hydrogen-bond donors (Lipinski definition) is 1. The van der Waals surface area contributed by atoms with Gasteiger partial charge in [-0.25, -0.2) is 4.79 Å². The highest BCUT2D eigenvalue weighted by atomic mass is 35.5. The number of rotatable bonds is 8. The maximum atomic E-state index is 11.9. The number of amides is 1. The zero-order valence-corrected chi connectivity index (χ0v) is 20.5. The van der Waals surface area contributed by atoms with E-state index in [0.29, 0.717) is 22.3 Å². The Balaban J connectivity index is 1.24. The van der Waals surface area contributed by atoms with E-state index in [0.717, 1.165) is 62.4 Å². The third kappa shape index (κ3) is 6.03. The molecule has 0 atom stereocenters. The van der Waals surface area contributed by atoms with Crippen molar-refractivity contribution in [3.8, 4) is 11.1 Å². The molecular formula is C27H29Cl2N3O2. The van der Waals surface area contributed by atoms with E-state index in [1.54, 1.807) is 0 Å². The van der Waals surface area contributed by atoms with Crippen LogP contribution in [0.25, 0.3) is 11.1 Å². The predicted molar refractivity (Wildman–Crippen MR) is 142 cm³/mol. The van der Waals surface area contributed by atoms with Crippen LogP contribution in [0.3, 0.4) is 0 Å². The molecule has 0 spiro atoms. The van der Waals surface area contributed by atoms with Gasteiger partial charge in [0.1, 0.15) is 0 Å². The number of piperazine rings is 1. The molecule has 0 aliphatic carbocycles. The van der Waals surface area contributed by atoms with Gasteiger partial charge in [0.25, 0.3) is 0 Å². The summed E-state index contributed by atoms with van der Waals surface area (Å²) >= 11 is 12.5. The van der Waals surface area contributed by atoms with Gasteiger partial charge < -0.3 is 10.0 Å². The van der Waals surface area contributed by atoms with E-state index in [9.17, 15) is 9.90 Å². The molecule has 5 nitrogen and oxygen atoms in total. The standard InChI is InChI=1S/C27H29Cl2N3O2/c28-24-9-6-10-25(26(24)29)31-19-17-30(18-20-31)15-4-5-16-32(27(33)34)23-13-11-22(12-14-23)21-7-2-1-3-8-21/h1-3,6-14H,4-5,15-20H2,(H,33,34). The van der Waals surface area contributed by atoms with E-state index in [-0.39, 0.29) is 0 Å². The molecule has 34 heavy (non-hydrogen) atoms. The van der Waals surface area contributed by atoms with Crippen LogP contribution in [0.4, 0.5) is 16.2 Å². The summed E-state index contributed by atoms with van der Waals surface area (Å²) < 4.78 is 0. The number of hydrogen-bond acceptors (Lipinski definition) is 3. The maximum Gasteiger partial charge on any atom is 0.411 e. The minimum absolute atomic E-state index is 0.484. The van der Waals surface area contributed by atoms with Crippen molar-refractivity contribution in [1.82, 2.24) is 4.90 Å². The van der Waals surface area contributed by atoms with Crippen LogP contribution in [0.1, 0.15) is 12.8 Å². The fourth-order valence-electron chi connectivity index (χ4n) is 4.35. The molecule has 1 aliphatic heterocycles. The molecule has 1 saturated heterocycles. The topological polar surface area (TPSA) is 47.0 Å². The molecule has 3 aromatic rings. The Bertz CT molecular complexity index is 1080. The van der Waals surface area contributed by atoms with Crippen molar-refractivity contribution in [3.63, 3.8) is 0 Å². The lowest BCUT2D eigenvalue weighted by molar-refractivity contribution is 0.201. The fraction of sp³-hybridized carbons (Fsp3) is 0.296. The first-order chi connectivity index (χ1) is 16.5. The summed E-state index contributed by atoms with van der Waals surface area (Å²) in [5, 5.41) is 10.9. The summed E-state index contributed by atoms with van der Waals surface area (Å²) in [5.41, 5.74) is 3.89. The van der Waals surface area contributed by atoms with E-state index in [2.05, 4.69) is 9.80 Å². The molecule has 1 aliphatic rings. The number of halogens is 2. The molecule has 7 heteroatoms. The average Bonchev–Trinajstić information content (AvgIpc) is 2.87. The first kappa shape index (κ1) is 24.4. The van der Waals surface area contributed by atoms with Gasteiger partial charge in [0, 0.05) is 38.4 Å². The minimum Gasteiger partial charge on any atom is -0.465 e. The first-order valence-corrected chi connectivity index (χ1v) is 12.4. The second-order valence-corrected chi connectivity index (χ2v) is 9.24. The van der Waals surface area contributed by atoms with Crippen LogP contribution in [0.2, 0.25) is 10.0 Å². The summed E-state index contributed by atoms with van der Waals surface area (Å²) in [6.45, 7) is 5.14. The minimum atomic E-state index is -0.917. The Kier molecular flexibility index (Phi) is 8.33. The molecule has 1 N–H and O–H groups in total. The largest absolute Gasteiger partial charge is 0.465 e. The molecule has 0 bridgehead atoms. The Morgan fingerprint density at radius 2 is 1.50 bits per heavy atom. The molecule has 1 amide bonds. The highest BCUT2D eigenvalue weighted by molar-refractivity contribution is 6.43. The fourth-order valence-corrected chi connectivity index (χ4v) is 4.77. The van der Waals surface area contributed by atoms with Crippen molar-refractivity contribution in [2.75, 3.05) is 49.1 Å². The number of nitrogens with zero attached hydrogens (tertiary/aromatic N) is 3. The van der Waals surface area contributed by atoms with Crippen LogP contribution in [-0.4, -0.2) is 55.4 Å². The van der Waals surface area contributed by atoms with Crippen LogP contribution >= 0.6 is 23.2 Å². The van der Waals surface area contributed by atoms with Crippen LogP contribution in [-0.2, 0) is 0 Å². The van der Waals surface area contributed by atoms with E-state index in [1.807, 2.05) is 72.8 Å². The summed E-state index contributed by atoms with van der Waals surface area (Å²) in [5.74, 6) is 0. The third-order valence-electron chi connectivity index (χ3n) is 6.27. The van der Waals surface area contributed by atoms with Gasteiger partial charge >= 0.3 is 6.09 Å². The second kappa shape index (κ2) is 11.6. The summed E-state index contributed by atoms with van der Waals surface area (Å²) in [6, 6.07) is 23.6. The van der Waals surface area contributed by atoms with Crippen molar-refractivity contribution in [2.45, 2.75) is 12.8 Å². The van der Waals surface area contributed by atoms with Crippen LogP contribution in [0.5, 0.6) is 0 Å². The van der Waals surface area contributed by atoms with Crippen molar-refractivity contribution >= 4 is 40.7 Å². The van der Waals surface area contributed by atoms with Gasteiger partial charge in [-0.15, -0.1) is 0 Å². The van der Waals surface area contributed by atoms with Gasteiger partial charge in [-0.05, 0) is 54.8 Å². The molecule has 178 valence electrons. The highest BCUT2D eigenvalue weighted by Crippen LogP contribution is 2.33.